The van der Waals surface area contributed by atoms with Gasteiger partial charge in [0, 0.05) is 13.6 Å². The molecule has 0 amide bonds. The van der Waals surface area contributed by atoms with Crippen LogP contribution in [-0.2, 0) is 0 Å². The maximum atomic E-state index is 12.7. The van der Waals surface area contributed by atoms with Gasteiger partial charge in [0.05, 0.1) is 0 Å². The molecule has 0 aliphatic carbocycles. The lowest BCUT2D eigenvalue weighted by molar-refractivity contribution is 0.576. The van der Waals surface area contributed by atoms with Gasteiger partial charge in [-0.05, 0) is 6.42 Å². The van der Waals surface area contributed by atoms with Gasteiger partial charge in [-0.1, -0.05) is 12.1 Å². The minimum Gasteiger partial charge on any atom is -0.354 e. The number of aromatic nitrogens is 3. The Morgan fingerprint density at radius 3 is 2.82 bits per heavy atom. The predicted octanol–water partition coefficient (Wildman–Crippen LogP) is 0.790. The second-order valence-electron chi connectivity index (χ2n) is 2.37. The highest BCUT2D eigenvalue weighted by Crippen LogP contribution is 2.09. The lowest BCUT2D eigenvalue weighted by Gasteiger charge is -2.13. The van der Waals surface area contributed by atoms with Crippen LogP contribution in [0.4, 0.5) is 10.2 Å². The lowest BCUT2D eigenvalue weighted by atomic mass is 10.4. The average Bonchev–Trinajstić information content (AvgIpc) is 2.36. The van der Waals surface area contributed by atoms with Gasteiger partial charge in [-0.2, -0.15) is 4.39 Å². The third-order valence-electron chi connectivity index (χ3n) is 1.41. The van der Waals surface area contributed by atoms with Crippen LogP contribution in [0.25, 0.3) is 0 Å². The summed E-state index contributed by atoms with van der Waals surface area (Å²) >= 11 is 0. The van der Waals surface area contributed by atoms with E-state index in [9.17, 15) is 4.39 Å². The Kier molecular flexibility index (Phi) is 2.40. The van der Waals surface area contributed by atoms with Gasteiger partial charge in [0.25, 0.3) is 5.95 Å². The second-order valence-corrected chi connectivity index (χ2v) is 2.37. The van der Waals surface area contributed by atoms with Crippen molar-refractivity contribution >= 4 is 5.82 Å². The predicted molar refractivity (Wildman–Crippen MR) is 39.9 cm³/mol. The van der Waals surface area contributed by atoms with Crippen molar-refractivity contribution in [1.29, 1.82) is 0 Å². The molecule has 0 saturated carbocycles. The number of H-pyrrole nitrogens is 1. The van der Waals surface area contributed by atoms with Gasteiger partial charge in [-0.15, -0.1) is 5.10 Å². The summed E-state index contributed by atoms with van der Waals surface area (Å²) in [5.41, 5.74) is 0. The van der Waals surface area contributed by atoms with E-state index in [4.69, 9.17) is 0 Å². The Balaban J connectivity index is 2.67. The van der Waals surface area contributed by atoms with Crippen molar-refractivity contribution in [2.24, 2.45) is 0 Å². The lowest BCUT2D eigenvalue weighted by Crippen LogP contribution is -2.19. The van der Waals surface area contributed by atoms with Crippen molar-refractivity contribution in [3.63, 3.8) is 0 Å². The van der Waals surface area contributed by atoms with Gasteiger partial charge < -0.3 is 4.90 Å². The zero-order valence-electron chi connectivity index (χ0n) is 6.63. The van der Waals surface area contributed by atoms with Gasteiger partial charge in [0.2, 0.25) is 5.82 Å². The van der Waals surface area contributed by atoms with Crippen molar-refractivity contribution in [1.82, 2.24) is 15.4 Å². The molecule has 4 nitrogen and oxygen atoms in total. The number of hydrogen-bond donors (Lipinski definition) is 1. The number of nitrogens with zero attached hydrogens (tertiary/aromatic N) is 3. The summed E-state index contributed by atoms with van der Waals surface area (Å²) in [6, 6.07) is 0. The molecule has 0 aliphatic heterocycles. The number of halogens is 1. The molecule has 1 aromatic rings. The van der Waals surface area contributed by atoms with E-state index in [1.54, 1.807) is 11.9 Å². The number of anilines is 1. The zero-order valence-corrected chi connectivity index (χ0v) is 6.63. The van der Waals surface area contributed by atoms with Crippen LogP contribution >= 0.6 is 0 Å². The molecule has 0 radical (unpaired) electrons. The molecule has 0 saturated heterocycles. The summed E-state index contributed by atoms with van der Waals surface area (Å²) in [6.07, 6.45) is 0.961. The molecular formula is C6H11FN4. The summed E-state index contributed by atoms with van der Waals surface area (Å²) < 4.78 is 12.7. The molecule has 0 aromatic carbocycles. The summed E-state index contributed by atoms with van der Waals surface area (Å²) in [7, 11) is 1.78. The third kappa shape index (κ3) is 1.66. The van der Waals surface area contributed by atoms with Gasteiger partial charge in [-0.3, -0.25) is 0 Å². The van der Waals surface area contributed by atoms with Gasteiger partial charge in [-0.25, -0.2) is 5.10 Å². The second kappa shape index (κ2) is 3.32. The normalized spacial score (nSPS) is 10.1. The van der Waals surface area contributed by atoms with Gasteiger partial charge in [0.15, 0.2) is 0 Å². The Labute approximate surface area is 64.4 Å². The SMILES string of the molecule is CCCN(C)c1nn[nH]c1F. The molecule has 11 heavy (non-hydrogen) atoms. The Morgan fingerprint density at radius 2 is 2.36 bits per heavy atom. The highest BCUT2D eigenvalue weighted by atomic mass is 19.1. The van der Waals surface area contributed by atoms with Gasteiger partial charge >= 0.3 is 0 Å². The maximum Gasteiger partial charge on any atom is 0.253 e. The zero-order chi connectivity index (χ0) is 8.27. The molecule has 0 spiro atoms. The quantitative estimate of drug-likeness (QED) is 0.707. The highest BCUT2D eigenvalue weighted by molar-refractivity contribution is 5.33. The van der Waals surface area contributed by atoms with E-state index in [-0.39, 0.29) is 5.82 Å². The Bertz CT molecular complexity index is 222. The number of aromatic amines is 1. The summed E-state index contributed by atoms with van der Waals surface area (Å²) in [4.78, 5) is 1.72. The molecule has 0 unspecified atom stereocenters. The molecule has 62 valence electrons. The minimum absolute atomic E-state index is 0.284. The molecule has 0 bridgehead atoms. The van der Waals surface area contributed by atoms with Crippen LogP contribution in [0.5, 0.6) is 0 Å². The summed E-state index contributed by atoms with van der Waals surface area (Å²) in [5.74, 6) is -0.187. The van der Waals surface area contributed by atoms with E-state index in [1.165, 1.54) is 0 Å². The molecular weight excluding hydrogens is 147 g/mol. The monoisotopic (exact) mass is 158 g/mol. The van der Waals surface area contributed by atoms with E-state index >= 15 is 0 Å². The van der Waals surface area contributed by atoms with E-state index in [0.717, 1.165) is 13.0 Å². The molecule has 1 rings (SSSR count). The van der Waals surface area contributed by atoms with Crippen LogP contribution in [0, 0.1) is 5.95 Å². The van der Waals surface area contributed by atoms with Gasteiger partial charge in [0.1, 0.15) is 0 Å². The molecule has 5 heteroatoms. The Morgan fingerprint density at radius 1 is 1.64 bits per heavy atom. The number of hydrogen-bond acceptors (Lipinski definition) is 3. The van der Waals surface area contributed by atoms with E-state index < -0.39 is 5.95 Å². The summed E-state index contributed by atoms with van der Waals surface area (Å²) in [6.45, 7) is 2.80. The van der Waals surface area contributed by atoms with Crippen LogP contribution in [0.15, 0.2) is 0 Å². The third-order valence-corrected chi connectivity index (χ3v) is 1.41. The van der Waals surface area contributed by atoms with Crippen molar-refractivity contribution in [2.75, 3.05) is 18.5 Å². The van der Waals surface area contributed by atoms with E-state index in [0.29, 0.717) is 0 Å². The van der Waals surface area contributed by atoms with Crippen LogP contribution in [0.1, 0.15) is 13.3 Å². The summed E-state index contributed by atoms with van der Waals surface area (Å²) in [5, 5.41) is 9.05. The molecule has 1 N–H and O–H groups in total. The van der Waals surface area contributed by atoms with Crippen molar-refractivity contribution in [2.45, 2.75) is 13.3 Å². The molecule has 0 atom stereocenters. The first-order valence-corrected chi connectivity index (χ1v) is 3.53. The van der Waals surface area contributed by atoms with Crippen LogP contribution < -0.4 is 4.90 Å². The highest BCUT2D eigenvalue weighted by Gasteiger charge is 2.09. The fraction of sp³-hybridized carbons (Fsp3) is 0.667. The van der Waals surface area contributed by atoms with Crippen LogP contribution in [-0.4, -0.2) is 29.0 Å². The maximum absolute atomic E-state index is 12.7. The topological polar surface area (TPSA) is 44.8 Å². The number of nitrogens with one attached hydrogen (secondary N) is 1. The first-order valence-electron chi connectivity index (χ1n) is 3.53. The Hall–Kier alpha value is -1.13. The standard InChI is InChI=1S/C6H11FN4/c1-3-4-11(2)6-5(7)8-10-9-6/h3-4H2,1-2H3,(H,8,9,10). The smallest absolute Gasteiger partial charge is 0.253 e. The first-order chi connectivity index (χ1) is 5.25. The fourth-order valence-corrected chi connectivity index (χ4v) is 0.895. The van der Waals surface area contributed by atoms with Crippen LogP contribution in [0.2, 0.25) is 0 Å². The average molecular weight is 158 g/mol. The van der Waals surface area contributed by atoms with Crippen molar-refractivity contribution in [3.05, 3.63) is 5.95 Å². The minimum atomic E-state index is -0.471. The van der Waals surface area contributed by atoms with E-state index in [2.05, 4.69) is 15.4 Å². The molecule has 0 aliphatic rings. The van der Waals surface area contributed by atoms with Crippen LogP contribution in [0.3, 0.4) is 0 Å². The van der Waals surface area contributed by atoms with Crippen molar-refractivity contribution < 1.29 is 4.39 Å². The fourth-order valence-electron chi connectivity index (χ4n) is 0.895. The molecule has 0 fully saturated rings. The largest absolute Gasteiger partial charge is 0.354 e. The van der Waals surface area contributed by atoms with E-state index in [1.807, 2.05) is 6.92 Å². The van der Waals surface area contributed by atoms with Crippen molar-refractivity contribution in [3.8, 4) is 0 Å². The first kappa shape index (κ1) is 7.97. The number of rotatable bonds is 3. The molecule has 1 aromatic heterocycles. The molecule has 1 heterocycles.